The van der Waals surface area contributed by atoms with Crippen molar-refractivity contribution in [1.82, 2.24) is 9.03 Å². The lowest BCUT2D eigenvalue weighted by Gasteiger charge is -2.25. The van der Waals surface area contributed by atoms with Crippen LogP contribution in [0.2, 0.25) is 6.32 Å². The molecule has 0 unspecified atom stereocenters. The van der Waals surface area contributed by atoms with Crippen LogP contribution in [0, 0.1) is 5.92 Å². The molecule has 1 aliphatic heterocycles. The Labute approximate surface area is 115 Å². The molecule has 0 aromatic rings. The van der Waals surface area contributed by atoms with Gasteiger partial charge in [-0.2, -0.15) is 12.7 Å². The third kappa shape index (κ3) is 4.69. The molecule has 0 aromatic carbocycles. The van der Waals surface area contributed by atoms with Gasteiger partial charge in [-0.25, -0.2) is 4.72 Å². The lowest BCUT2D eigenvalue weighted by atomic mass is 9.79. The van der Waals surface area contributed by atoms with Crippen molar-refractivity contribution >= 4 is 17.3 Å². The summed E-state index contributed by atoms with van der Waals surface area (Å²) in [4.78, 5) is 0. The van der Waals surface area contributed by atoms with E-state index in [1.165, 1.54) is 4.31 Å². The zero-order valence-corrected chi connectivity index (χ0v) is 12.4. The van der Waals surface area contributed by atoms with E-state index in [-0.39, 0.29) is 18.8 Å². The second-order valence-electron chi connectivity index (χ2n) is 5.41. The van der Waals surface area contributed by atoms with Crippen molar-refractivity contribution in [2.75, 3.05) is 19.6 Å². The molecule has 0 spiro atoms. The van der Waals surface area contributed by atoms with Gasteiger partial charge in [0, 0.05) is 25.2 Å². The van der Waals surface area contributed by atoms with Crippen molar-refractivity contribution in [3.05, 3.63) is 0 Å². The van der Waals surface area contributed by atoms with Crippen LogP contribution in [0.4, 0.5) is 0 Å². The Morgan fingerprint density at radius 1 is 1.53 bits per heavy atom. The maximum absolute atomic E-state index is 11.9. The Kier molecular flexibility index (Phi) is 5.78. The van der Waals surface area contributed by atoms with E-state index < -0.39 is 22.9 Å². The summed E-state index contributed by atoms with van der Waals surface area (Å²) in [6.45, 7) is 4.59. The van der Waals surface area contributed by atoms with Crippen LogP contribution in [0.5, 0.6) is 0 Å². The summed E-state index contributed by atoms with van der Waals surface area (Å²) in [5.74, 6) is 0.0275. The van der Waals surface area contributed by atoms with Crippen molar-refractivity contribution in [2.45, 2.75) is 38.5 Å². The quantitative estimate of drug-likeness (QED) is 0.437. The molecule has 1 rings (SSSR count). The molecular formula is C10H24BN3O4S. The van der Waals surface area contributed by atoms with Crippen molar-refractivity contribution in [3.8, 4) is 0 Å². The molecule has 7 nitrogen and oxygen atoms in total. The first kappa shape index (κ1) is 16.9. The number of nitrogens with two attached hydrogens (primary N) is 1. The lowest BCUT2D eigenvalue weighted by molar-refractivity contribution is 0.343. The minimum Gasteiger partial charge on any atom is -0.427 e. The molecule has 0 radical (unpaired) electrons. The van der Waals surface area contributed by atoms with Crippen LogP contribution in [-0.2, 0) is 10.2 Å². The molecule has 2 atom stereocenters. The van der Waals surface area contributed by atoms with E-state index in [1.54, 1.807) is 6.92 Å². The molecule has 0 amide bonds. The van der Waals surface area contributed by atoms with Crippen molar-refractivity contribution in [2.24, 2.45) is 11.7 Å². The van der Waals surface area contributed by atoms with Gasteiger partial charge in [0.15, 0.2) is 0 Å². The summed E-state index contributed by atoms with van der Waals surface area (Å²) >= 11 is 0. The van der Waals surface area contributed by atoms with Crippen molar-refractivity contribution in [3.63, 3.8) is 0 Å². The van der Waals surface area contributed by atoms with Gasteiger partial charge in [-0.05, 0) is 25.6 Å². The Bertz CT molecular complexity index is 388. The number of rotatable bonds is 7. The van der Waals surface area contributed by atoms with E-state index in [0.717, 1.165) is 0 Å². The molecule has 1 saturated heterocycles. The predicted molar refractivity (Wildman–Crippen MR) is 74.5 cm³/mol. The zero-order chi connectivity index (χ0) is 14.7. The van der Waals surface area contributed by atoms with Gasteiger partial charge in [0.2, 0.25) is 0 Å². The van der Waals surface area contributed by atoms with E-state index in [0.29, 0.717) is 25.9 Å². The highest BCUT2D eigenvalue weighted by Gasteiger charge is 2.43. The SMILES string of the molecule is CCNS(=O)(=O)N1C[C@H](CCCB(O)O)[C@@](C)(N)C1. The van der Waals surface area contributed by atoms with Gasteiger partial charge in [0.25, 0.3) is 10.2 Å². The van der Waals surface area contributed by atoms with Crippen LogP contribution >= 0.6 is 0 Å². The zero-order valence-electron chi connectivity index (χ0n) is 11.5. The fourth-order valence-electron chi connectivity index (χ4n) is 2.45. The normalized spacial score (nSPS) is 28.8. The summed E-state index contributed by atoms with van der Waals surface area (Å²) in [5.41, 5.74) is 5.58. The number of hydrogen-bond acceptors (Lipinski definition) is 5. The highest BCUT2D eigenvalue weighted by atomic mass is 32.2. The summed E-state index contributed by atoms with van der Waals surface area (Å²) < 4.78 is 27.7. The molecule has 1 aliphatic rings. The molecule has 0 aliphatic carbocycles. The Morgan fingerprint density at radius 3 is 2.68 bits per heavy atom. The third-order valence-electron chi connectivity index (χ3n) is 3.56. The fourth-order valence-corrected chi connectivity index (χ4v) is 3.82. The van der Waals surface area contributed by atoms with Crippen LogP contribution in [0.25, 0.3) is 0 Å². The molecule has 0 bridgehead atoms. The number of nitrogens with one attached hydrogen (secondary N) is 1. The second-order valence-corrected chi connectivity index (χ2v) is 7.16. The standard InChI is InChI=1S/C10H24BN3O4S/c1-3-13-19(17,18)14-7-9(10(2,12)8-14)5-4-6-11(15)16/h9,13,15-16H,3-8,12H2,1-2H3/t9-,10-/m0/s1. The van der Waals surface area contributed by atoms with Gasteiger partial charge in [0.05, 0.1) is 0 Å². The fraction of sp³-hybridized carbons (Fsp3) is 1.00. The van der Waals surface area contributed by atoms with E-state index in [4.69, 9.17) is 15.8 Å². The third-order valence-corrected chi connectivity index (χ3v) is 5.17. The van der Waals surface area contributed by atoms with Gasteiger partial charge in [-0.1, -0.05) is 13.3 Å². The smallest absolute Gasteiger partial charge is 0.427 e. The first-order valence-corrected chi connectivity index (χ1v) is 8.03. The molecule has 112 valence electrons. The van der Waals surface area contributed by atoms with Gasteiger partial charge in [-0.3, -0.25) is 0 Å². The minimum absolute atomic E-state index is 0.0275. The summed E-state index contributed by atoms with van der Waals surface area (Å²) in [6.07, 6.45) is 1.58. The first-order chi connectivity index (χ1) is 8.69. The molecule has 9 heteroatoms. The van der Waals surface area contributed by atoms with E-state index in [2.05, 4.69) is 4.72 Å². The van der Waals surface area contributed by atoms with Gasteiger partial charge in [-0.15, -0.1) is 0 Å². The Hall–Kier alpha value is -0.185. The lowest BCUT2D eigenvalue weighted by Crippen LogP contribution is -2.46. The molecule has 0 saturated carbocycles. The first-order valence-electron chi connectivity index (χ1n) is 6.59. The number of hydrogen-bond donors (Lipinski definition) is 4. The van der Waals surface area contributed by atoms with Gasteiger partial charge >= 0.3 is 7.12 Å². The second kappa shape index (κ2) is 6.51. The van der Waals surface area contributed by atoms with Crippen LogP contribution in [0.1, 0.15) is 26.7 Å². The van der Waals surface area contributed by atoms with E-state index in [9.17, 15) is 8.42 Å². The monoisotopic (exact) mass is 293 g/mol. The van der Waals surface area contributed by atoms with Crippen LogP contribution in [0.3, 0.4) is 0 Å². The average molecular weight is 293 g/mol. The van der Waals surface area contributed by atoms with Crippen LogP contribution in [0.15, 0.2) is 0 Å². The minimum atomic E-state index is -3.45. The molecule has 1 heterocycles. The molecule has 19 heavy (non-hydrogen) atoms. The Morgan fingerprint density at radius 2 is 2.16 bits per heavy atom. The van der Waals surface area contributed by atoms with Crippen LogP contribution in [-0.4, -0.2) is 55.1 Å². The summed E-state index contributed by atoms with van der Waals surface area (Å²) in [5, 5.41) is 17.6. The maximum atomic E-state index is 11.9. The van der Waals surface area contributed by atoms with Crippen LogP contribution < -0.4 is 10.5 Å². The molecule has 1 fully saturated rings. The number of nitrogens with zero attached hydrogens (tertiary/aromatic N) is 1. The van der Waals surface area contributed by atoms with Crippen molar-refractivity contribution in [1.29, 1.82) is 0 Å². The van der Waals surface area contributed by atoms with Gasteiger partial charge in [0.1, 0.15) is 0 Å². The summed E-state index contributed by atoms with van der Waals surface area (Å²) in [7, 11) is -4.76. The average Bonchev–Trinajstić information content (AvgIpc) is 2.54. The molecular weight excluding hydrogens is 269 g/mol. The highest BCUT2D eigenvalue weighted by Crippen LogP contribution is 2.30. The molecule has 5 N–H and O–H groups in total. The predicted octanol–water partition coefficient (Wildman–Crippen LogP) is -1.26. The van der Waals surface area contributed by atoms with Gasteiger partial charge < -0.3 is 15.8 Å². The largest absolute Gasteiger partial charge is 0.451 e. The maximum Gasteiger partial charge on any atom is 0.451 e. The van der Waals surface area contributed by atoms with Crippen molar-refractivity contribution < 1.29 is 18.5 Å². The van der Waals surface area contributed by atoms with E-state index >= 15 is 0 Å². The topological polar surface area (TPSA) is 116 Å². The highest BCUT2D eigenvalue weighted by molar-refractivity contribution is 7.87. The summed E-state index contributed by atoms with van der Waals surface area (Å²) in [6, 6.07) is 0. The Balaban J connectivity index is 2.61. The molecule has 0 aromatic heterocycles. The van der Waals surface area contributed by atoms with E-state index in [1.807, 2.05) is 6.92 Å².